The fraction of sp³-hybridized carbons (Fsp3) is 0.455. The van der Waals surface area contributed by atoms with Crippen LogP contribution in [0.2, 0.25) is 0 Å². The van der Waals surface area contributed by atoms with Crippen LogP contribution in [0.3, 0.4) is 0 Å². The Balaban J connectivity index is 0.000000664. The molecule has 0 saturated heterocycles. The minimum Gasteiger partial charge on any atom is -0.356 e. The third-order valence-corrected chi connectivity index (χ3v) is 4.19. The summed E-state index contributed by atoms with van der Waals surface area (Å²) in [5.41, 5.74) is 1.62. The number of nitrogens with zero attached hydrogens (tertiary/aromatic N) is 2. The van der Waals surface area contributed by atoms with Crippen molar-refractivity contribution in [2.45, 2.75) is 53.7 Å². The molecule has 0 saturated carbocycles. The maximum atomic E-state index is 11.1. The second-order valence-corrected chi connectivity index (χ2v) is 6.30. The average molecular weight is 469 g/mol. The van der Waals surface area contributed by atoms with E-state index < -0.39 is 0 Å². The van der Waals surface area contributed by atoms with Crippen molar-refractivity contribution in [1.82, 2.24) is 9.55 Å². The summed E-state index contributed by atoms with van der Waals surface area (Å²) in [4.78, 5) is 15.4. The number of halogens is 1. The molecule has 0 unspecified atom stereocenters. The van der Waals surface area contributed by atoms with Crippen molar-refractivity contribution in [1.29, 1.82) is 0 Å². The van der Waals surface area contributed by atoms with Gasteiger partial charge in [-0.3, -0.25) is 4.79 Å². The van der Waals surface area contributed by atoms with Crippen LogP contribution >= 0.6 is 15.9 Å². The van der Waals surface area contributed by atoms with E-state index in [0.29, 0.717) is 23.6 Å². The van der Waals surface area contributed by atoms with Crippen LogP contribution in [0.25, 0.3) is 0 Å². The molecule has 1 aromatic carbocycles. The number of imidazole rings is 1. The summed E-state index contributed by atoms with van der Waals surface area (Å²) in [5.74, 6) is 0.835. The van der Waals surface area contributed by atoms with E-state index in [2.05, 4.69) is 34.1 Å². The molecule has 162 valence electrons. The quantitative estimate of drug-likeness (QED) is 0.265. The molecule has 29 heavy (non-hydrogen) atoms. The van der Waals surface area contributed by atoms with Crippen LogP contribution in [-0.4, -0.2) is 35.3 Å². The zero-order chi connectivity index (χ0) is 22.1. The van der Waals surface area contributed by atoms with E-state index in [1.807, 2.05) is 58.0 Å². The van der Waals surface area contributed by atoms with E-state index in [9.17, 15) is 4.79 Å². The number of carbonyl (C=O) groups is 1. The summed E-state index contributed by atoms with van der Waals surface area (Å²) < 4.78 is 18.1. The monoisotopic (exact) mass is 468 g/mol. The van der Waals surface area contributed by atoms with Gasteiger partial charge in [-0.15, -0.1) is 13.2 Å². The SMILES string of the molecule is C=C.CCOC(C)OCC.CCc1nc(Br)c(C=O)n1COCc1ccccc1. The van der Waals surface area contributed by atoms with Gasteiger partial charge in [-0.05, 0) is 42.3 Å². The van der Waals surface area contributed by atoms with Gasteiger partial charge in [0.05, 0.1) is 6.61 Å². The molecule has 0 aliphatic carbocycles. The summed E-state index contributed by atoms with van der Waals surface area (Å²) in [6, 6.07) is 9.92. The van der Waals surface area contributed by atoms with Gasteiger partial charge in [-0.1, -0.05) is 37.3 Å². The van der Waals surface area contributed by atoms with Crippen LogP contribution in [0.15, 0.2) is 48.1 Å². The average Bonchev–Trinajstić information content (AvgIpc) is 3.05. The molecule has 0 radical (unpaired) electrons. The highest BCUT2D eigenvalue weighted by Gasteiger charge is 2.13. The molecule has 0 amide bonds. The number of aryl methyl sites for hydroxylation is 1. The highest BCUT2D eigenvalue weighted by atomic mass is 79.9. The van der Waals surface area contributed by atoms with E-state index in [0.717, 1.165) is 37.3 Å². The van der Waals surface area contributed by atoms with Crippen molar-refractivity contribution < 1.29 is 19.0 Å². The molecule has 0 fully saturated rings. The van der Waals surface area contributed by atoms with Crippen LogP contribution in [0.4, 0.5) is 0 Å². The van der Waals surface area contributed by atoms with E-state index in [1.165, 1.54) is 0 Å². The third kappa shape index (κ3) is 10.5. The second kappa shape index (κ2) is 17.1. The molecule has 0 spiro atoms. The molecule has 0 N–H and O–H groups in total. The first kappa shape index (κ1) is 27.2. The van der Waals surface area contributed by atoms with Crippen molar-refractivity contribution in [3.05, 3.63) is 65.2 Å². The van der Waals surface area contributed by atoms with Crippen molar-refractivity contribution in [2.24, 2.45) is 0 Å². The van der Waals surface area contributed by atoms with E-state index >= 15 is 0 Å². The van der Waals surface area contributed by atoms with Crippen molar-refractivity contribution in [3.63, 3.8) is 0 Å². The van der Waals surface area contributed by atoms with Crippen molar-refractivity contribution >= 4 is 22.2 Å². The Morgan fingerprint density at radius 1 is 1.14 bits per heavy atom. The van der Waals surface area contributed by atoms with Gasteiger partial charge in [0.1, 0.15) is 22.9 Å². The van der Waals surface area contributed by atoms with Crippen molar-refractivity contribution in [3.8, 4) is 0 Å². The lowest BCUT2D eigenvalue weighted by Gasteiger charge is -2.09. The van der Waals surface area contributed by atoms with Gasteiger partial charge in [0, 0.05) is 19.6 Å². The maximum Gasteiger partial charge on any atom is 0.169 e. The third-order valence-electron chi connectivity index (χ3n) is 3.60. The van der Waals surface area contributed by atoms with E-state index in [-0.39, 0.29) is 6.29 Å². The number of ether oxygens (including phenoxy) is 3. The molecule has 0 atom stereocenters. The number of hydrogen-bond acceptors (Lipinski definition) is 5. The fourth-order valence-corrected chi connectivity index (χ4v) is 2.87. The summed E-state index contributed by atoms with van der Waals surface area (Å²) >= 11 is 3.29. The molecule has 1 aromatic heterocycles. The minimum absolute atomic E-state index is 0.0370. The number of benzene rings is 1. The molecule has 0 aliphatic rings. The molecular formula is C22H33BrN2O4. The number of carbonyl (C=O) groups excluding carboxylic acids is 1. The van der Waals surface area contributed by atoms with Gasteiger partial charge < -0.3 is 18.8 Å². The molecule has 2 rings (SSSR count). The predicted octanol–water partition coefficient (Wildman–Crippen LogP) is 5.40. The smallest absolute Gasteiger partial charge is 0.169 e. The Morgan fingerprint density at radius 2 is 1.72 bits per heavy atom. The molecule has 7 heteroatoms. The first-order chi connectivity index (χ1) is 14.1. The van der Waals surface area contributed by atoms with Gasteiger partial charge in [-0.25, -0.2) is 4.98 Å². The normalized spacial score (nSPS) is 10.0. The molecule has 0 bridgehead atoms. The van der Waals surface area contributed by atoms with Crippen LogP contribution in [-0.2, 0) is 34.0 Å². The Bertz CT molecular complexity index is 671. The highest BCUT2D eigenvalue weighted by molar-refractivity contribution is 9.10. The number of hydrogen-bond donors (Lipinski definition) is 0. The molecule has 6 nitrogen and oxygen atoms in total. The van der Waals surface area contributed by atoms with Crippen molar-refractivity contribution in [2.75, 3.05) is 13.2 Å². The lowest BCUT2D eigenvalue weighted by molar-refractivity contribution is -0.123. The molecular weight excluding hydrogens is 436 g/mol. The zero-order valence-corrected chi connectivity index (χ0v) is 19.5. The maximum absolute atomic E-state index is 11.1. The Kier molecular flexibility index (Phi) is 16.0. The van der Waals surface area contributed by atoms with E-state index in [1.54, 1.807) is 4.57 Å². The van der Waals surface area contributed by atoms with Gasteiger partial charge in [0.15, 0.2) is 12.6 Å². The summed E-state index contributed by atoms with van der Waals surface area (Å²) in [5, 5.41) is 0. The zero-order valence-electron chi connectivity index (χ0n) is 17.9. The Hall–Kier alpha value is -1.80. The lowest BCUT2D eigenvalue weighted by Crippen LogP contribution is -2.11. The Morgan fingerprint density at radius 3 is 2.21 bits per heavy atom. The first-order valence-corrected chi connectivity index (χ1v) is 10.4. The largest absolute Gasteiger partial charge is 0.356 e. The number of aromatic nitrogens is 2. The second-order valence-electron chi connectivity index (χ2n) is 5.54. The lowest BCUT2D eigenvalue weighted by atomic mass is 10.2. The minimum atomic E-state index is -0.0370. The van der Waals surface area contributed by atoms with Gasteiger partial charge in [0.2, 0.25) is 0 Å². The highest BCUT2D eigenvalue weighted by Crippen LogP contribution is 2.17. The number of rotatable bonds is 10. The predicted molar refractivity (Wildman–Crippen MR) is 120 cm³/mol. The molecule has 1 heterocycles. The fourth-order valence-electron chi connectivity index (χ4n) is 2.35. The van der Waals surface area contributed by atoms with Crippen LogP contribution in [0.1, 0.15) is 49.6 Å². The van der Waals surface area contributed by atoms with Crippen LogP contribution < -0.4 is 0 Å². The standard InChI is InChI=1S/C14H15BrN2O2.C6H14O2.C2H4/c1-2-13-16-14(15)12(8-18)17(13)10-19-9-11-6-4-3-5-7-11;1-4-7-6(3)8-5-2;1-2/h3-8H,2,9-10H2,1H3;6H,4-5H2,1-3H3;1-2H2. The van der Waals surface area contributed by atoms with Gasteiger partial charge >= 0.3 is 0 Å². The Labute approximate surface area is 183 Å². The number of aldehydes is 1. The van der Waals surface area contributed by atoms with Crippen LogP contribution in [0, 0.1) is 0 Å². The first-order valence-electron chi connectivity index (χ1n) is 9.62. The van der Waals surface area contributed by atoms with Gasteiger partial charge in [-0.2, -0.15) is 0 Å². The molecule has 2 aromatic rings. The van der Waals surface area contributed by atoms with Crippen LogP contribution in [0.5, 0.6) is 0 Å². The van der Waals surface area contributed by atoms with Gasteiger partial charge in [0.25, 0.3) is 0 Å². The summed E-state index contributed by atoms with van der Waals surface area (Å²) in [7, 11) is 0. The van der Waals surface area contributed by atoms with E-state index in [4.69, 9.17) is 14.2 Å². The molecule has 0 aliphatic heterocycles. The topological polar surface area (TPSA) is 62.6 Å². The summed E-state index contributed by atoms with van der Waals surface area (Å²) in [6.07, 6.45) is 1.51. The summed E-state index contributed by atoms with van der Waals surface area (Å²) in [6.45, 7) is 16.1.